The van der Waals surface area contributed by atoms with Crippen molar-refractivity contribution in [2.75, 3.05) is 13.6 Å². The minimum Gasteiger partial charge on any atom is -0.365 e. The summed E-state index contributed by atoms with van der Waals surface area (Å²) in [7, 11) is 1.82. The smallest absolute Gasteiger partial charge is 0.255 e. The molecule has 1 unspecified atom stereocenters. The van der Waals surface area contributed by atoms with Gasteiger partial charge >= 0.3 is 0 Å². The van der Waals surface area contributed by atoms with Gasteiger partial charge in [0.25, 0.3) is 5.91 Å². The molecule has 17 heavy (non-hydrogen) atoms. The van der Waals surface area contributed by atoms with Crippen molar-refractivity contribution in [2.24, 2.45) is 11.7 Å². The fraction of sp³-hybridized carbons (Fsp3) is 0.615. The van der Waals surface area contributed by atoms with Gasteiger partial charge in [0.05, 0.1) is 5.56 Å². The molecule has 1 atom stereocenters. The summed E-state index contributed by atoms with van der Waals surface area (Å²) in [5.74, 6) is 0.507. The van der Waals surface area contributed by atoms with Gasteiger partial charge in [0.1, 0.15) is 0 Å². The molecule has 0 radical (unpaired) electrons. The Bertz CT molecular complexity index is 370. The van der Waals surface area contributed by atoms with E-state index in [0.29, 0.717) is 12.5 Å². The van der Waals surface area contributed by atoms with Gasteiger partial charge in [-0.15, -0.1) is 0 Å². The van der Waals surface area contributed by atoms with Crippen molar-refractivity contribution in [3.8, 4) is 0 Å². The maximum absolute atomic E-state index is 12.1. The van der Waals surface area contributed by atoms with Gasteiger partial charge in [0.15, 0.2) is 0 Å². The summed E-state index contributed by atoms with van der Waals surface area (Å²) in [6.45, 7) is 6.80. The van der Waals surface area contributed by atoms with Crippen LogP contribution in [0.4, 0.5) is 0 Å². The molecule has 4 nitrogen and oxygen atoms in total. The van der Waals surface area contributed by atoms with E-state index in [1.807, 2.05) is 20.0 Å². The molecule has 96 valence electrons. The first-order valence-corrected chi connectivity index (χ1v) is 6.08. The molecule has 1 amide bonds. The lowest BCUT2D eigenvalue weighted by atomic mass is 10.0. The van der Waals surface area contributed by atoms with Crippen molar-refractivity contribution in [3.05, 3.63) is 23.5 Å². The third-order valence-electron chi connectivity index (χ3n) is 3.19. The summed E-state index contributed by atoms with van der Waals surface area (Å²) in [6, 6.07) is 1.97. The van der Waals surface area contributed by atoms with Crippen molar-refractivity contribution in [1.29, 1.82) is 0 Å². The van der Waals surface area contributed by atoms with E-state index < -0.39 is 0 Å². The molecule has 0 fully saturated rings. The number of aryl methyl sites for hydroxylation is 1. The number of rotatable bonds is 5. The van der Waals surface area contributed by atoms with E-state index in [9.17, 15) is 4.79 Å². The molecule has 1 rings (SSSR count). The highest BCUT2D eigenvalue weighted by Gasteiger charge is 2.16. The largest absolute Gasteiger partial charge is 0.365 e. The van der Waals surface area contributed by atoms with Gasteiger partial charge in [-0.2, -0.15) is 0 Å². The normalized spacial score (nSPS) is 12.8. The van der Waals surface area contributed by atoms with Crippen molar-refractivity contribution in [2.45, 2.75) is 33.2 Å². The van der Waals surface area contributed by atoms with Crippen LogP contribution < -0.4 is 5.73 Å². The Morgan fingerprint density at radius 1 is 1.53 bits per heavy atom. The number of aromatic amines is 1. The average Bonchev–Trinajstić information content (AvgIpc) is 2.70. The van der Waals surface area contributed by atoms with E-state index in [1.54, 1.807) is 11.1 Å². The van der Waals surface area contributed by atoms with Crippen LogP contribution in [0.5, 0.6) is 0 Å². The molecule has 1 heterocycles. The Morgan fingerprint density at radius 3 is 2.65 bits per heavy atom. The van der Waals surface area contributed by atoms with Gasteiger partial charge in [-0.25, -0.2) is 0 Å². The molecule has 0 spiro atoms. The summed E-state index contributed by atoms with van der Waals surface area (Å²) < 4.78 is 0. The van der Waals surface area contributed by atoms with Crippen LogP contribution in [0.25, 0.3) is 0 Å². The number of nitrogens with zero attached hydrogens (tertiary/aromatic N) is 1. The molecule has 3 N–H and O–H groups in total. The first-order chi connectivity index (χ1) is 7.93. The number of hydrogen-bond acceptors (Lipinski definition) is 2. The molecule has 0 aliphatic rings. The van der Waals surface area contributed by atoms with Crippen LogP contribution in [0, 0.1) is 12.8 Å². The van der Waals surface area contributed by atoms with Crippen molar-refractivity contribution >= 4 is 5.91 Å². The van der Waals surface area contributed by atoms with Crippen molar-refractivity contribution in [3.63, 3.8) is 0 Å². The number of nitrogens with one attached hydrogen (secondary N) is 1. The number of amides is 1. The van der Waals surface area contributed by atoms with E-state index in [-0.39, 0.29) is 11.9 Å². The molecule has 0 bridgehead atoms. The van der Waals surface area contributed by atoms with E-state index in [2.05, 4.69) is 18.8 Å². The highest BCUT2D eigenvalue weighted by atomic mass is 16.2. The van der Waals surface area contributed by atoms with Crippen molar-refractivity contribution < 1.29 is 4.79 Å². The molecule has 0 saturated heterocycles. The zero-order chi connectivity index (χ0) is 13.0. The highest BCUT2D eigenvalue weighted by molar-refractivity contribution is 5.95. The Kier molecular flexibility index (Phi) is 4.75. The molecule has 4 heteroatoms. The highest BCUT2D eigenvalue weighted by Crippen LogP contribution is 2.10. The molecule has 0 aromatic carbocycles. The van der Waals surface area contributed by atoms with Gasteiger partial charge in [0.2, 0.25) is 0 Å². The second kappa shape index (κ2) is 5.87. The summed E-state index contributed by atoms with van der Waals surface area (Å²) in [6.07, 6.45) is 2.62. The third kappa shape index (κ3) is 3.60. The summed E-state index contributed by atoms with van der Waals surface area (Å²) in [5, 5.41) is 0. The number of aromatic nitrogens is 1. The summed E-state index contributed by atoms with van der Waals surface area (Å²) in [4.78, 5) is 16.8. The average molecular weight is 237 g/mol. The monoisotopic (exact) mass is 237 g/mol. The maximum Gasteiger partial charge on any atom is 0.255 e. The van der Waals surface area contributed by atoms with E-state index in [0.717, 1.165) is 17.7 Å². The lowest BCUT2D eigenvalue weighted by molar-refractivity contribution is 0.0788. The van der Waals surface area contributed by atoms with Crippen molar-refractivity contribution in [1.82, 2.24) is 9.88 Å². The Labute approximate surface area is 103 Å². The van der Waals surface area contributed by atoms with Crippen LogP contribution in [0.2, 0.25) is 0 Å². The van der Waals surface area contributed by atoms with E-state index in [1.165, 1.54) is 0 Å². The predicted molar refractivity (Wildman–Crippen MR) is 69.9 cm³/mol. The maximum atomic E-state index is 12.1. The topological polar surface area (TPSA) is 62.1 Å². The van der Waals surface area contributed by atoms with Crippen LogP contribution in [-0.2, 0) is 0 Å². The molecule has 0 aliphatic carbocycles. The van der Waals surface area contributed by atoms with Crippen LogP contribution in [0.1, 0.15) is 36.3 Å². The SMILES string of the molecule is Cc1[nH]ccc1C(=O)N(C)CCC(N)C(C)C. The lowest BCUT2D eigenvalue weighted by Crippen LogP contribution is -2.34. The van der Waals surface area contributed by atoms with Gasteiger partial charge in [-0.3, -0.25) is 4.79 Å². The van der Waals surface area contributed by atoms with E-state index in [4.69, 9.17) is 5.73 Å². The Hall–Kier alpha value is -1.29. The number of carbonyl (C=O) groups is 1. The molecular weight excluding hydrogens is 214 g/mol. The van der Waals surface area contributed by atoms with Gasteiger partial charge < -0.3 is 15.6 Å². The predicted octanol–water partition coefficient (Wildman–Crippen LogP) is 1.77. The fourth-order valence-corrected chi connectivity index (χ4v) is 1.67. The molecular formula is C13H23N3O. The summed E-state index contributed by atoms with van der Waals surface area (Å²) >= 11 is 0. The zero-order valence-electron chi connectivity index (χ0n) is 11.2. The van der Waals surface area contributed by atoms with Gasteiger partial charge in [-0.05, 0) is 25.3 Å². The minimum absolute atomic E-state index is 0.0553. The van der Waals surface area contributed by atoms with Crippen LogP contribution in [0.3, 0.4) is 0 Å². The van der Waals surface area contributed by atoms with Crippen LogP contribution in [0.15, 0.2) is 12.3 Å². The first kappa shape index (κ1) is 13.8. The third-order valence-corrected chi connectivity index (χ3v) is 3.19. The second-order valence-electron chi connectivity index (χ2n) is 4.94. The fourth-order valence-electron chi connectivity index (χ4n) is 1.67. The van der Waals surface area contributed by atoms with Gasteiger partial charge in [-0.1, -0.05) is 13.8 Å². The molecule has 1 aromatic heterocycles. The van der Waals surface area contributed by atoms with E-state index >= 15 is 0 Å². The first-order valence-electron chi connectivity index (χ1n) is 6.08. The molecule has 0 saturated carbocycles. The van der Waals surface area contributed by atoms with Crippen LogP contribution in [-0.4, -0.2) is 35.4 Å². The summed E-state index contributed by atoms with van der Waals surface area (Å²) in [5.41, 5.74) is 7.62. The lowest BCUT2D eigenvalue weighted by Gasteiger charge is -2.21. The number of carbonyl (C=O) groups excluding carboxylic acids is 1. The zero-order valence-corrected chi connectivity index (χ0v) is 11.2. The second-order valence-corrected chi connectivity index (χ2v) is 4.94. The standard InChI is InChI=1S/C13H23N3O/c1-9(2)12(14)6-8-16(4)13(17)11-5-7-15-10(11)3/h5,7,9,12,15H,6,8,14H2,1-4H3. The Morgan fingerprint density at radius 2 is 2.18 bits per heavy atom. The minimum atomic E-state index is 0.0553. The number of nitrogens with two attached hydrogens (primary N) is 1. The Balaban J connectivity index is 2.51. The number of H-pyrrole nitrogens is 1. The number of hydrogen-bond donors (Lipinski definition) is 2. The molecule has 1 aromatic rings. The molecule has 0 aliphatic heterocycles. The van der Waals surface area contributed by atoms with Gasteiger partial charge in [0, 0.05) is 31.5 Å². The quantitative estimate of drug-likeness (QED) is 0.820. The van der Waals surface area contributed by atoms with Crippen LogP contribution >= 0.6 is 0 Å².